The van der Waals surface area contributed by atoms with Crippen LogP contribution in [0.1, 0.15) is 25.3 Å². The standard InChI is InChI=1S/C17H25N3S/c1-2-18-17(19-13-14-8-11-21-12-9-14)20-10-7-15-5-3-4-6-16(15)20/h3-6,14H,2,7-13H2,1H3,(H,18,19). The summed E-state index contributed by atoms with van der Waals surface area (Å²) in [5, 5.41) is 3.48. The highest BCUT2D eigenvalue weighted by Crippen LogP contribution is 2.28. The molecule has 1 saturated heterocycles. The van der Waals surface area contributed by atoms with E-state index in [1.807, 2.05) is 0 Å². The number of nitrogens with zero attached hydrogens (tertiary/aromatic N) is 2. The third-order valence-corrected chi connectivity index (χ3v) is 5.37. The van der Waals surface area contributed by atoms with Gasteiger partial charge in [-0.05, 0) is 55.2 Å². The van der Waals surface area contributed by atoms with Gasteiger partial charge < -0.3 is 10.2 Å². The number of fused-ring (bicyclic) bond motifs is 1. The van der Waals surface area contributed by atoms with E-state index in [1.54, 1.807) is 0 Å². The maximum atomic E-state index is 4.94. The Morgan fingerprint density at radius 3 is 2.95 bits per heavy atom. The Bertz CT molecular complexity index is 495. The van der Waals surface area contributed by atoms with Crippen LogP contribution in [0, 0.1) is 5.92 Å². The second-order valence-corrected chi connectivity index (χ2v) is 7.01. The van der Waals surface area contributed by atoms with Crippen molar-refractivity contribution in [2.75, 3.05) is 36.0 Å². The fourth-order valence-electron chi connectivity index (χ4n) is 3.10. The molecule has 0 aliphatic carbocycles. The predicted molar refractivity (Wildman–Crippen MR) is 93.5 cm³/mol. The van der Waals surface area contributed by atoms with Crippen molar-refractivity contribution >= 4 is 23.4 Å². The van der Waals surface area contributed by atoms with Crippen molar-refractivity contribution in [1.82, 2.24) is 5.32 Å². The molecule has 0 unspecified atom stereocenters. The summed E-state index contributed by atoms with van der Waals surface area (Å²) in [5.74, 6) is 4.46. The van der Waals surface area contributed by atoms with Gasteiger partial charge in [0.15, 0.2) is 5.96 Å². The van der Waals surface area contributed by atoms with E-state index in [0.717, 1.165) is 37.9 Å². The van der Waals surface area contributed by atoms with Crippen LogP contribution < -0.4 is 10.2 Å². The lowest BCUT2D eigenvalue weighted by Gasteiger charge is -2.24. The Morgan fingerprint density at radius 1 is 1.33 bits per heavy atom. The van der Waals surface area contributed by atoms with Gasteiger partial charge in [-0.2, -0.15) is 11.8 Å². The van der Waals surface area contributed by atoms with E-state index in [-0.39, 0.29) is 0 Å². The second kappa shape index (κ2) is 7.21. The summed E-state index contributed by atoms with van der Waals surface area (Å²) in [6.45, 7) is 5.10. The maximum Gasteiger partial charge on any atom is 0.198 e. The van der Waals surface area contributed by atoms with Gasteiger partial charge in [0.05, 0.1) is 0 Å². The molecular weight excluding hydrogens is 278 g/mol. The molecule has 0 bridgehead atoms. The zero-order valence-corrected chi connectivity index (χ0v) is 13.7. The van der Waals surface area contributed by atoms with Crippen LogP contribution >= 0.6 is 11.8 Å². The number of para-hydroxylation sites is 1. The van der Waals surface area contributed by atoms with E-state index in [4.69, 9.17) is 4.99 Å². The van der Waals surface area contributed by atoms with Crippen LogP contribution in [0.4, 0.5) is 5.69 Å². The van der Waals surface area contributed by atoms with Crippen LogP contribution in [0.3, 0.4) is 0 Å². The minimum absolute atomic E-state index is 0.776. The van der Waals surface area contributed by atoms with Crippen LogP contribution in [0.25, 0.3) is 0 Å². The molecule has 3 rings (SSSR count). The number of rotatable bonds is 3. The van der Waals surface area contributed by atoms with E-state index in [2.05, 4.69) is 53.2 Å². The Kier molecular flexibility index (Phi) is 5.07. The Balaban J connectivity index is 1.72. The SMILES string of the molecule is CCNC(=NCC1CCSCC1)N1CCc2ccccc21. The number of anilines is 1. The molecule has 3 nitrogen and oxygen atoms in total. The van der Waals surface area contributed by atoms with Crippen molar-refractivity contribution in [2.24, 2.45) is 10.9 Å². The molecule has 4 heteroatoms. The number of guanidine groups is 1. The van der Waals surface area contributed by atoms with Crippen molar-refractivity contribution in [3.63, 3.8) is 0 Å². The van der Waals surface area contributed by atoms with Crippen LogP contribution in [-0.2, 0) is 6.42 Å². The van der Waals surface area contributed by atoms with Gasteiger partial charge in [-0.3, -0.25) is 4.99 Å². The molecule has 21 heavy (non-hydrogen) atoms. The number of nitrogens with one attached hydrogen (secondary N) is 1. The Morgan fingerprint density at radius 2 is 2.14 bits per heavy atom. The Hall–Kier alpha value is -1.16. The lowest BCUT2D eigenvalue weighted by molar-refractivity contribution is 0.502. The number of hydrogen-bond acceptors (Lipinski definition) is 2. The molecule has 2 heterocycles. The van der Waals surface area contributed by atoms with Gasteiger partial charge >= 0.3 is 0 Å². The fraction of sp³-hybridized carbons (Fsp3) is 0.588. The third-order valence-electron chi connectivity index (χ3n) is 4.32. The number of thioether (sulfide) groups is 1. The van der Waals surface area contributed by atoms with Gasteiger partial charge in [-0.15, -0.1) is 0 Å². The van der Waals surface area contributed by atoms with E-state index in [9.17, 15) is 0 Å². The second-order valence-electron chi connectivity index (χ2n) is 5.78. The smallest absolute Gasteiger partial charge is 0.198 e. The fourth-order valence-corrected chi connectivity index (χ4v) is 4.30. The lowest BCUT2D eigenvalue weighted by Crippen LogP contribution is -2.41. The van der Waals surface area contributed by atoms with Crippen LogP contribution in [-0.4, -0.2) is 37.1 Å². The molecule has 2 aliphatic heterocycles. The van der Waals surface area contributed by atoms with Gasteiger partial charge in [0.2, 0.25) is 0 Å². The van der Waals surface area contributed by atoms with Crippen molar-refractivity contribution in [1.29, 1.82) is 0 Å². The first-order valence-electron chi connectivity index (χ1n) is 8.10. The van der Waals surface area contributed by atoms with E-state index in [1.165, 1.54) is 35.6 Å². The highest BCUT2D eigenvalue weighted by Gasteiger charge is 2.22. The first kappa shape index (κ1) is 14.8. The topological polar surface area (TPSA) is 27.6 Å². The van der Waals surface area contributed by atoms with Gasteiger partial charge in [0.25, 0.3) is 0 Å². The summed E-state index contributed by atoms with van der Waals surface area (Å²) in [4.78, 5) is 7.30. The summed E-state index contributed by atoms with van der Waals surface area (Å²) in [6, 6.07) is 8.70. The molecule has 1 aromatic carbocycles. The molecule has 0 atom stereocenters. The largest absolute Gasteiger partial charge is 0.356 e. The monoisotopic (exact) mass is 303 g/mol. The molecule has 0 saturated carbocycles. The number of aliphatic imine (C=N–C) groups is 1. The molecule has 0 aromatic heterocycles. The third kappa shape index (κ3) is 3.54. The molecule has 1 N–H and O–H groups in total. The Labute approximate surface area is 132 Å². The minimum atomic E-state index is 0.776. The average molecular weight is 303 g/mol. The highest BCUT2D eigenvalue weighted by molar-refractivity contribution is 7.99. The summed E-state index contributed by atoms with van der Waals surface area (Å²) in [7, 11) is 0. The lowest BCUT2D eigenvalue weighted by atomic mass is 10.0. The van der Waals surface area contributed by atoms with Gasteiger partial charge in [0.1, 0.15) is 0 Å². The predicted octanol–water partition coefficient (Wildman–Crippen LogP) is 3.16. The van der Waals surface area contributed by atoms with Crippen LogP contribution in [0.2, 0.25) is 0 Å². The zero-order valence-electron chi connectivity index (χ0n) is 12.8. The zero-order chi connectivity index (χ0) is 14.5. The molecule has 0 amide bonds. The molecule has 0 radical (unpaired) electrons. The van der Waals surface area contributed by atoms with Gasteiger partial charge in [0, 0.05) is 25.3 Å². The summed E-state index contributed by atoms with van der Waals surface area (Å²) in [6.07, 6.45) is 3.77. The van der Waals surface area contributed by atoms with Gasteiger partial charge in [-0.1, -0.05) is 18.2 Å². The molecule has 1 fully saturated rings. The summed E-state index contributed by atoms with van der Waals surface area (Å²) in [5.41, 5.74) is 2.77. The number of hydrogen-bond donors (Lipinski definition) is 1. The maximum absolute atomic E-state index is 4.94. The first-order chi connectivity index (χ1) is 10.4. The van der Waals surface area contributed by atoms with Crippen molar-refractivity contribution in [2.45, 2.75) is 26.2 Å². The van der Waals surface area contributed by atoms with E-state index < -0.39 is 0 Å². The van der Waals surface area contributed by atoms with Crippen LogP contribution in [0.15, 0.2) is 29.3 Å². The van der Waals surface area contributed by atoms with E-state index >= 15 is 0 Å². The van der Waals surface area contributed by atoms with E-state index in [0.29, 0.717) is 0 Å². The molecule has 0 spiro atoms. The molecule has 114 valence electrons. The van der Waals surface area contributed by atoms with Crippen molar-refractivity contribution < 1.29 is 0 Å². The number of benzene rings is 1. The quantitative estimate of drug-likeness (QED) is 0.686. The summed E-state index contributed by atoms with van der Waals surface area (Å²) < 4.78 is 0. The average Bonchev–Trinajstić information content (AvgIpc) is 2.96. The van der Waals surface area contributed by atoms with Crippen molar-refractivity contribution in [3.8, 4) is 0 Å². The van der Waals surface area contributed by atoms with Crippen molar-refractivity contribution in [3.05, 3.63) is 29.8 Å². The first-order valence-corrected chi connectivity index (χ1v) is 9.25. The normalized spacial score (nSPS) is 19.7. The summed E-state index contributed by atoms with van der Waals surface area (Å²) >= 11 is 2.08. The molecular formula is C17H25N3S. The van der Waals surface area contributed by atoms with Crippen LogP contribution in [0.5, 0.6) is 0 Å². The highest BCUT2D eigenvalue weighted by atomic mass is 32.2. The molecule has 2 aliphatic rings. The molecule has 1 aromatic rings. The minimum Gasteiger partial charge on any atom is -0.356 e. The van der Waals surface area contributed by atoms with Gasteiger partial charge in [-0.25, -0.2) is 0 Å².